The van der Waals surface area contributed by atoms with Crippen molar-refractivity contribution in [1.82, 2.24) is 0 Å². The third-order valence-electron chi connectivity index (χ3n) is 4.18. The van der Waals surface area contributed by atoms with Crippen LogP contribution in [-0.2, 0) is 10.8 Å². The maximum atomic E-state index is 6.19. The number of ether oxygens (including phenoxy) is 1. The van der Waals surface area contributed by atoms with E-state index in [-0.39, 0.29) is 10.8 Å². The number of anilines is 2. The van der Waals surface area contributed by atoms with Crippen molar-refractivity contribution in [3.8, 4) is 11.5 Å². The first-order chi connectivity index (χ1) is 10.1. The SMILES string of the molecule is CC(C)(C)c1ccc2c(c1)Oc1cc(C(C)(C)C)ccc1N2. The highest BCUT2D eigenvalue weighted by Crippen LogP contribution is 2.44. The Morgan fingerprint density at radius 3 is 1.45 bits per heavy atom. The van der Waals surface area contributed by atoms with Crippen molar-refractivity contribution in [3.63, 3.8) is 0 Å². The zero-order valence-corrected chi connectivity index (χ0v) is 14.4. The summed E-state index contributed by atoms with van der Waals surface area (Å²) in [7, 11) is 0. The van der Waals surface area contributed by atoms with Gasteiger partial charge in [0, 0.05) is 0 Å². The Kier molecular flexibility index (Phi) is 3.24. The largest absolute Gasteiger partial charge is 0.453 e. The van der Waals surface area contributed by atoms with Crippen molar-refractivity contribution in [2.75, 3.05) is 5.32 Å². The summed E-state index contributed by atoms with van der Waals surface area (Å²) in [5, 5.41) is 3.47. The third-order valence-corrected chi connectivity index (χ3v) is 4.18. The van der Waals surface area contributed by atoms with E-state index in [1.54, 1.807) is 0 Å². The van der Waals surface area contributed by atoms with Crippen LogP contribution in [0.3, 0.4) is 0 Å². The molecule has 2 aromatic carbocycles. The van der Waals surface area contributed by atoms with E-state index in [1.807, 2.05) is 0 Å². The van der Waals surface area contributed by atoms with E-state index >= 15 is 0 Å². The zero-order valence-electron chi connectivity index (χ0n) is 14.4. The van der Waals surface area contributed by atoms with E-state index < -0.39 is 0 Å². The van der Waals surface area contributed by atoms with Gasteiger partial charge in [-0.25, -0.2) is 0 Å². The Labute approximate surface area is 133 Å². The molecule has 2 heteroatoms. The molecule has 3 rings (SSSR count). The molecule has 2 aromatic rings. The molecular formula is C20H25NO. The normalized spacial score (nSPS) is 13.7. The molecule has 1 aliphatic rings. The van der Waals surface area contributed by atoms with Gasteiger partial charge in [0.2, 0.25) is 0 Å². The van der Waals surface area contributed by atoms with Crippen LogP contribution in [0.1, 0.15) is 52.7 Å². The van der Waals surface area contributed by atoms with Gasteiger partial charge in [-0.3, -0.25) is 0 Å². The van der Waals surface area contributed by atoms with Crippen LogP contribution in [0.25, 0.3) is 0 Å². The summed E-state index contributed by atoms with van der Waals surface area (Å²) in [4.78, 5) is 0. The number of rotatable bonds is 0. The average Bonchev–Trinajstić information content (AvgIpc) is 2.41. The summed E-state index contributed by atoms with van der Waals surface area (Å²) < 4.78 is 6.19. The van der Waals surface area contributed by atoms with Gasteiger partial charge in [-0.05, 0) is 46.2 Å². The van der Waals surface area contributed by atoms with Gasteiger partial charge in [-0.15, -0.1) is 0 Å². The summed E-state index contributed by atoms with van der Waals surface area (Å²) in [6.07, 6.45) is 0. The molecule has 0 fully saturated rings. The average molecular weight is 295 g/mol. The van der Waals surface area contributed by atoms with Crippen molar-refractivity contribution in [2.24, 2.45) is 0 Å². The van der Waals surface area contributed by atoms with E-state index in [1.165, 1.54) is 11.1 Å². The van der Waals surface area contributed by atoms with E-state index in [2.05, 4.69) is 83.3 Å². The van der Waals surface area contributed by atoms with Crippen molar-refractivity contribution in [2.45, 2.75) is 52.4 Å². The number of hydrogen-bond acceptors (Lipinski definition) is 2. The van der Waals surface area contributed by atoms with Crippen molar-refractivity contribution < 1.29 is 4.74 Å². The van der Waals surface area contributed by atoms with Crippen LogP contribution in [0, 0.1) is 0 Å². The van der Waals surface area contributed by atoms with Gasteiger partial charge in [0.15, 0.2) is 11.5 Å². The molecular weight excluding hydrogens is 270 g/mol. The number of benzene rings is 2. The number of fused-ring (bicyclic) bond motifs is 2. The van der Waals surface area contributed by atoms with Crippen molar-refractivity contribution in [3.05, 3.63) is 47.5 Å². The van der Waals surface area contributed by atoms with Crippen LogP contribution in [0.2, 0.25) is 0 Å². The number of hydrogen-bond donors (Lipinski definition) is 1. The van der Waals surface area contributed by atoms with E-state index in [9.17, 15) is 0 Å². The molecule has 0 bridgehead atoms. The van der Waals surface area contributed by atoms with Crippen LogP contribution in [0.5, 0.6) is 11.5 Å². The lowest BCUT2D eigenvalue weighted by Gasteiger charge is -2.27. The van der Waals surface area contributed by atoms with Crippen molar-refractivity contribution >= 4 is 11.4 Å². The minimum Gasteiger partial charge on any atom is -0.453 e. The summed E-state index contributed by atoms with van der Waals surface area (Å²) >= 11 is 0. The van der Waals surface area contributed by atoms with E-state index in [0.717, 1.165) is 22.9 Å². The summed E-state index contributed by atoms with van der Waals surface area (Å²) in [5.41, 5.74) is 4.86. The fraction of sp³-hybridized carbons (Fsp3) is 0.400. The molecule has 0 amide bonds. The molecule has 0 aliphatic carbocycles. The lowest BCUT2D eigenvalue weighted by atomic mass is 9.86. The molecule has 1 heterocycles. The highest BCUT2D eigenvalue weighted by molar-refractivity contribution is 5.76. The fourth-order valence-corrected chi connectivity index (χ4v) is 2.62. The first kappa shape index (κ1) is 15.0. The minimum atomic E-state index is 0.117. The maximum Gasteiger partial charge on any atom is 0.151 e. The maximum absolute atomic E-state index is 6.19. The Bertz CT molecular complexity index is 656. The van der Waals surface area contributed by atoms with Crippen LogP contribution >= 0.6 is 0 Å². The van der Waals surface area contributed by atoms with Gasteiger partial charge in [-0.1, -0.05) is 53.7 Å². The predicted octanol–water partition coefficient (Wildman–Crippen LogP) is 6.13. The smallest absolute Gasteiger partial charge is 0.151 e. The van der Waals surface area contributed by atoms with Gasteiger partial charge < -0.3 is 10.1 Å². The first-order valence-electron chi connectivity index (χ1n) is 7.88. The Hall–Kier alpha value is -1.96. The van der Waals surface area contributed by atoms with Gasteiger partial charge in [0.25, 0.3) is 0 Å². The highest BCUT2D eigenvalue weighted by atomic mass is 16.5. The highest BCUT2D eigenvalue weighted by Gasteiger charge is 2.22. The first-order valence-corrected chi connectivity index (χ1v) is 7.88. The monoisotopic (exact) mass is 295 g/mol. The number of nitrogens with one attached hydrogen (secondary N) is 1. The molecule has 0 unspecified atom stereocenters. The molecule has 1 N–H and O–H groups in total. The molecule has 0 saturated carbocycles. The molecule has 2 nitrogen and oxygen atoms in total. The van der Waals surface area contributed by atoms with Gasteiger partial charge in [-0.2, -0.15) is 0 Å². The molecule has 0 radical (unpaired) electrons. The molecule has 0 saturated heterocycles. The molecule has 1 aliphatic heterocycles. The van der Waals surface area contributed by atoms with Crippen LogP contribution in [0.15, 0.2) is 36.4 Å². The quantitative estimate of drug-likeness (QED) is 0.538. The summed E-state index contributed by atoms with van der Waals surface area (Å²) in [6, 6.07) is 12.9. The van der Waals surface area contributed by atoms with E-state index in [4.69, 9.17) is 4.74 Å². The second-order valence-corrected chi connectivity index (χ2v) is 8.15. The topological polar surface area (TPSA) is 21.3 Å². The zero-order chi connectivity index (χ0) is 16.1. The van der Waals surface area contributed by atoms with Crippen LogP contribution in [-0.4, -0.2) is 0 Å². The lowest BCUT2D eigenvalue weighted by Crippen LogP contribution is -2.14. The minimum absolute atomic E-state index is 0.117. The van der Waals surface area contributed by atoms with Gasteiger partial charge in [0.1, 0.15) is 0 Å². The summed E-state index contributed by atoms with van der Waals surface area (Å²) in [6.45, 7) is 13.3. The van der Waals surface area contributed by atoms with E-state index in [0.29, 0.717) is 0 Å². The predicted molar refractivity (Wildman–Crippen MR) is 93.6 cm³/mol. The molecule has 116 valence electrons. The second-order valence-electron chi connectivity index (χ2n) is 8.15. The third kappa shape index (κ3) is 2.70. The Balaban J connectivity index is 2.00. The van der Waals surface area contributed by atoms with Crippen molar-refractivity contribution in [1.29, 1.82) is 0 Å². The lowest BCUT2D eigenvalue weighted by molar-refractivity contribution is 0.473. The van der Waals surface area contributed by atoms with Crippen LogP contribution in [0.4, 0.5) is 11.4 Å². The Morgan fingerprint density at radius 2 is 1.09 bits per heavy atom. The Morgan fingerprint density at radius 1 is 0.682 bits per heavy atom. The fourth-order valence-electron chi connectivity index (χ4n) is 2.62. The molecule has 0 spiro atoms. The standard InChI is InChI=1S/C20H25NO/c1-19(2,3)13-7-9-15-17(11-13)22-18-12-14(20(4,5)6)8-10-16(18)21-15/h7-12,21H,1-6H3. The molecule has 0 atom stereocenters. The summed E-state index contributed by atoms with van der Waals surface area (Å²) in [5.74, 6) is 1.82. The van der Waals surface area contributed by atoms with Crippen LogP contribution < -0.4 is 10.1 Å². The second kappa shape index (κ2) is 4.77. The molecule has 0 aromatic heterocycles. The molecule has 22 heavy (non-hydrogen) atoms. The van der Waals surface area contributed by atoms with Gasteiger partial charge in [0.05, 0.1) is 11.4 Å². The van der Waals surface area contributed by atoms with Gasteiger partial charge >= 0.3 is 0 Å².